The van der Waals surface area contributed by atoms with Crippen molar-refractivity contribution < 1.29 is 14.3 Å². The number of carbonyl (C=O) groups excluding carboxylic acids is 2. The summed E-state index contributed by atoms with van der Waals surface area (Å²) in [5.41, 5.74) is 1.65. The molecule has 0 bridgehead atoms. The molecule has 2 atom stereocenters. The number of piperidine rings is 1. The lowest BCUT2D eigenvalue weighted by molar-refractivity contribution is -0.130. The molecule has 2 amide bonds. The van der Waals surface area contributed by atoms with Gasteiger partial charge in [-0.05, 0) is 56.2 Å². The summed E-state index contributed by atoms with van der Waals surface area (Å²) in [7, 11) is 1.77. The van der Waals surface area contributed by atoms with E-state index in [2.05, 4.69) is 38.8 Å². The van der Waals surface area contributed by atoms with E-state index in [-0.39, 0.29) is 17.7 Å². The van der Waals surface area contributed by atoms with Crippen molar-refractivity contribution >= 4 is 39.1 Å². The van der Waals surface area contributed by atoms with Crippen molar-refractivity contribution in [2.45, 2.75) is 76.5 Å². The van der Waals surface area contributed by atoms with Gasteiger partial charge in [-0.3, -0.25) is 9.59 Å². The lowest BCUT2D eigenvalue weighted by Gasteiger charge is -2.31. The van der Waals surface area contributed by atoms with Crippen molar-refractivity contribution in [3.05, 3.63) is 22.7 Å². The van der Waals surface area contributed by atoms with Gasteiger partial charge in [0.1, 0.15) is 6.04 Å². The van der Waals surface area contributed by atoms with Crippen LogP contribution in [0.3, 0.4) is 0 Å². The summed E-state index contributed by atoms with van der Waals surface area (Å²) in [6.07, 6.45) is 7.73. The van der Waals surface area contributed by atoms with E-state index in [0.717, 1.165) is 54.4 Å². The third-order valence-electron chi connectivity index (χ3n) is 6.00. The molecule has 3 N–H and O–H groups in total. The molecule has 1 saturated heterocycles. The lowest BCUT2D eigenvalue weighted by Crippen LogP contribution is -2.49. The number of halogens is 1. The molecule has 2 aliphatic rings. The number of amides is 2. The normalized spacial score (nSPS) is 27.2. The predicted molar refractivity (Wildman–Crippen MR) is 119 cm³/mol. The van der Waals surface area contributed by atoms with Gasteiger partial charge in [-0.25, -0.2) is 0 Å². The van der Waals surface area contributed by atoms with E-state index in [1.165, 1.54) is 0 Å². The van der Waals surface area contributed by atoms with Crippen LogP contribution in [0.2, 0.25) is 0 Å². The molecule has 2 fully saturated rings. The number of anilines is 2. The average Bonchev–Trinajstić information content (AvgIpc) is 2.70. The Morgan fingerprint density at radius 3 is 2.69 bits per heavy atom. The van der Waals surface area contributed by atoms with Crippen LogP contribution in [0.4, 0.5) is 11.4 Å². The van der Waals surface area contributed by atoms with Gasteiger partial charge in [-0.15, -0.1) is 0 Å². The fourth-order valence-corrected chi connectivity index (χ4v) is 4.78. The van der Waals surface area contributed by atoms with E-state index in [1.807, 2.05) is 18.2 Å². The molecule has 1 aliphatic carbocycles. The van der Waals surface area contributed by atoms with Gasteiger partial charge in [0.15, 0.2) is 0 Å². The molecule has 1 aromatic rings. The largest absolute Gasteiger partial charge is 0.381 e. The molecule has 1 aromatic carbocycles. The molecule has 160 valence electrons. The Hall–Kier alpha value is -1.60. The van der Waals surface area contributed by atoms with Crippen LogP contribution in [0.5, 0.6) is 0 Å². The number of hydrogen-bond donors (Lipinski definition) is 3. The number of methoxy groups -OCH3 is 1. The molecule has 3 rings (SSSR count). The van der Waals surface area contributed by atoms with Crippen molar-refractivity contribution in [3.8, 4) is 0 Å². The Morgan fingerprint density at radius 2 is 2.00 bits per heavy atom. The van der Waals surface area contributed by atoms with E-state index < -0.39 is 6.04 Å². The Kier molecular flexibility index (Phi) is 7.95. The van der Waals surface area contributed by atoms with Gasteiger partial charge in [-0.2, -0.15) is 0 Å². The Morgan fingerprint density at radius 1 is 1.24 bits per heavy atom. The third-order valence-corrected chi connectivity index (χ3v) is 6.49. The molecular formula is C22H32BrN3O3. The van der Waals surface area contributed by atoms with E-state index in [0.29, 0.717) is 25.0 Å². The summed E-state index contributed by atoms with van der Waals surface area (Å²) in [5.74, 6) is 0.0984. The van der Waals surface area contributed by atoms with Gasteiger partial charge < -0.3 is 20.7 Å². The summed E-state index contributed by atoms with van der Waals surface area (Å²) in [5, 5.41) is 9.49. The zero-order chi connectivity index (χ0) is 20.8. The van der Waals surface area contributed by atoms with Crippen molar-refractivity contribution in [2.24, 2.45) is 5.92 Å². The van der Waals surface area contributed by atoms with Gasteiger partial charge >= 0.3 is 0 Å². The Balaban J connectivity index is 1.66. The van der Waals surface area contributed by atoms with Crippen LogP contribution in [0.25, 0.3) is 0 Å². The van der Waals surface area contributed by atoms with Gasteiger partial charge in [0.05, 0.1) is 17.5 Å². The first-order chi connectivity index (χ1) is 14.0. The fraction of sp³-hybridized carbons (Fsp3) is 0.636. The van der Waals surface area contributed by atoms with Crippen LogP contribution >= 0.6 is 15.9 Å². The predicted octanol–water partition coefficient (Wildman–Crippen LogP) is 4.45. The molecule has 0 radical (unpaired) electrons. The van der Waals surface area contributed by atoms with Gasteiger partial charge in [0, 0.05) is 24.0 Å². The van der Waals surface area contributed by atoms with E-state index in [1.54, 1.807) is 7.11 Å². The van der Waals surface area contributed by atoms with E-state index in [9.17, 15) is 9.59 Å². The molecule has 2 unspecified atom stereocenters. The molecule has 0 aromatic heterocycles. The van der Waals surface area contributed by atoms with Gasteiger partial charge in [-0.1, -0.05) is 35.7 Å². The van der Waals surface area contributed by atoms with Crippen LogP contribution in [-0.4, -0.2) is 37.1 Å². The fourth-order valence-electron chi connectivity index (χ4n) is 4.42. The minimum atomic E-state index is -0.475. The Bertz CT molecular complexity index is 719. The second-order valence-corrected chi connectivity index (χ2v) is 9.16. The Labute approximate surface area is 181 Å². The summed E-state index contributed by atoms with van der Waals surface area (Å²) in [6.45, 7) is 2.11. The molecule has 6 nitrogen and oxygen atoms in total. The van der Waals surface area contributed by atoms with Crippen molar-refractivity contribution in [2.75, 3.05) is 17.7 Å². The van der Waals surface area contributed by atoms with Gasteiger partial charge in [0.2, 0.25) is 11.8 Å². The first-order valence-electron chi connectivity index (χ1n) is 10.7. The number of ether oxygens (including phenoxy) is 1. The highest BCUT2D eigenvalue weighted by molar-refractivity contribution is 9.10. The van der Waals surface area contributed by atoms with Crippen LogP contribution in [-0.2, 0) is 14.3 Å². The number of nitrogens with one attached hydrogen (secondary N) is 3. The summed E-state index contributed by atoms with van der Waals surface area (Å²) in [4.78, 5) is 24.9. The highest BCUT2D eigenvalue weighted by Gasteiger charge is 2.31. The summed E-state index contributed by atoms with van der Waals surface area (Å²) in [6, 6.07) is 5.76. The smallest absolute Gasteiger partial charge is 0.247 e. The zero-order valence-corrected chi connectivity index (χ0v) is 18.9. The van der Waals surface area contributed by atoms with Crippen molar-refractivity contribution in [1.29, 1.82) is 0 Å². The van der Waals surface area contributed by atoms with Crippen molar-refractivity contribution in [3.63, 3.8) is 0 Å². The quantitative estimate of drug-likeness (QED) is 0.555. The maximum absolute atomic E-state index is 12.9. The maximum Gasteiger partial charge on any atom is 0.247 e. The molecule has 7 heteroatoms. The molecule has 1 aliphatic heterocycles. The maximum atomic E-state index is 12.9. The number of rotatable bonds is 7. The first-order valence-corrected chi connectivity index (χ1v) is 11.5. The van der Waals surface area contributed by atoms with E-state index in [4.69, 9.17) is 4.74 Å². The minimum Gasteiger partial charge on any atom is -0.381 e. The highest BCUT2D eigenvalue weighted by atomic mass is 79.9. The highest BCUT2D eigenvalue weighted by Crippen LogP contribution is 2.31. The van der Waals surface area contributed by atoms with Crippen LogP contribution < -0.4 is 16.0 Å². The average molecular weight is 466 g/mol. The lowest BCUT2D eigenvalue weighted by atomic mass is 9.88. The topological polar surface area (TPSA) is 79.5 Å². The third kappa shape index (κ3) is 6.19. The second-order valence-electron chi connectivity index (χ2n) is 8.25. The van der Waals surface area contributed by atoms with E-state index >= 15 is 0 Å². The number of benzene rings is 1. The second kappa shape index (κ2) is 10.4. The first kappa shape index (κ1) is 22.1. The summed E-state index contributed by atoms with van der Waals surface area (Å²) < 4.78 is 6.36. The van der Waals surface area contributed by atoms with Gasteiger partial charge in [0.25, 0.3) is 0 Å². The molecule has 1 saturated carbocycles. The summed E-state index contributed by atoms with van der Waals surface area (Å²) >= 11 is 3.50. The number of carbonyl (C=O) groups is 2. The van der Waals surface area contributed by atoms with Crippen molar-refractivity contribution in [1.82, 2.24) is 5.32 Å². The molecular weight excluding hydrogens is 434 g/mol. The van der Waals surface area contributed by atoms with Crippen LogP contribution in [0, 0.1) is 5.92 Å². The van der Waals surface area contributed by atoms with Crippen LogP contribution in [0.15, 0.2) is 22.7 Å². The molecule has 1 heterocycles. The SMILES string of the molecule is CCCC1CC(=O)NC(C(=O)Nc2cc(Br)ccc2NC2CCC(OC)CC2)C1. The standard InChI is InChI=1S/C22H32BrN3O3/c1-3-4-14-11-20(25-21(27)12-14)22(28)26-19-13-15(23)5-10-18(19)24-16-6-8-17(29-2)9-7-16/h5,10,13-14,16-17,20,24H,3-4,6-9,11-12H2,1-2H3,(H,25,27)(H,26,28). The monoisotopic (exact) mass is 465 g/mol. The minimum absolute atomic E-state index is 0.0302. The molecule has 0 spiro atoms. The zero-order valence-electron chi connectivity index (χ0n) is 17.3. The van der Waals surface area contributed by atoms with Crippen LogP contribution in [0.1, 0.15) is 58.3 Å². The molecule has 29 heavy (non-hydrogen) atoms. The number of hydrogen-bond acceptors (Lipinski definition) is 4.